The van der Waals surface area contributed by atoms with Crippen molar-refractivity contribution in [3.05, 3.63) is 27.8 Å². The highest BCUT2D eigenvalue weighted by Crippen LogP contribution is 2.41. The Morgan fingerprint density at radius 3 is 2.05 bits per heavy atom. The SMILES string of the molecule is COC(=O)c1ccc([N+](=O)[O-])c(OC(C)C)c1OC(C)C. The van der Waals surface area contributed by atoms with Crippen LogP contribution < -0.4 is 9.47 Å². The van der Waals surface area contributed by atoms with Gasteiger partial charge in [0.25, 0.3) is 0 Å². The summed E-state index contributed by atoms with van der Waals surface area (Å²) in [4.78, 5) is 22.4. The summed E-state index contributed by atoms with van der Waals surface area (Å²) in [7, 11) is 1.23. The summed E-state index contributed by atoms with van der Waals surface area (Å²) in [6.07, 6.45) is -0.601. The zero-order valence-corrected chi connectivity index (χ0v) is 12.7. The normalized spacial score (nSPS) is 10.6. The summed E-state index contributed by atoms with van der Waals surface area (Å²) < 4.78 is 15.7. The Kier molecular flexibility index (Phi) is 5.52. The van der Waals surface area contributed by atoms with E-state index in [2.05, 4.69) is 4.74 Å². The molecule has 0 heterocycles. The molecule has 0 amide bonds. The maximum absolute atomic E-state index is 11.8. The Balaban J connectivity index is 3.55. The van der Waals surface area contributed by atoms with E-state index in [1.165, 1.54) is 19.2 Å². The van der Waals surface area contributed by atoms with Crippen molar-refractivity contribution in [3.63, 3.8) is 0 Å². The third-order valence-electron chi connectivity index (χ3n) is 2.40. The average molecular weight is 297 g/mol. The first-order chi connectivity index (χ1) is 9.77. The molecule has 0 saturated carbocycles. The van der Waals surface area contributed by atoms with Crippen molar-refractivity contribution in [2.24, 2.45) is 0 Å². The number of nitro groups is 1. The van der Waals surface area contributed by atoms with Crippen LogP contribution in [0.3, 0.4) is 0 Å². The number of carbonyl (C=O) groups excluding carboxylic acids is 1. The molecule has 0 unspecified atom stereocenters. The second kappa shape index (κ2) is 6.92. The third kappa shape index (κ3) is 4.08. The number of hydrogen-bond donors (Lipinski definition) is 0. The Hall–Kier alpha value is -2.31. The van der Waals surface area contributed by atoms with Crippen LogP contribution in [0.1, 0.15) is 38.1 Å². The molecule has 0 radical (unpaired) electrons. The van der Waals surface area contributed by atoms with Crippen molar-refractivity contribution in [1.82, 2.24) is 0 Å². The molecule has 1 rings (SSSR count). The van der Waals surface area contributed by atoms with Gasteiger partial charge in [-0.2, -0.15) is 0 Å². The van der Waals surface area contributed by atoms with Crippen molar-refractivity contribution in [2.45, 2.75) is 39.9 Å². The maximum Gasteiger partial charge on any atom is 0.341 e. The molecule has 116 valence electrons. The topological polar surface area (TPSA) is 87.9 Å². The molecule has 0 spiro atoms. The van der Waals surface area contributed by atoms with Gasteiger partial charge in [0.15, 0.2) is 5.75 Å². The largest absolute Gasteiger partial charge is 0.486 e. The Morgan fingerprint density at radius 1 is 1.10 bits per heavy atom. The monoisotopic (exact) mass is 297 g/mol. The van der Waals surface area contributed by atoms with Crippen LogP contribution >= 0.6 is 0 Å². The van der Waals surface area contributed by atoms with Crippen LogP contribution in [0.2, 0.25) is 0 Å². The average Bonchev–Trinajstić information content (AvgIpc) is 2.38. The van der Waals surface area contributed by atoms with Crippen molar-refractivity contribution in [1.29, 1.82) is 0 Å². The van der Waals surface area contributed by atoms with Gasteiger partial charge in [0, 0.05) is 6.07 Å². The zero-order chi connectivity index (χ0) is 16.2. The van der Waals surface area contributed by atoms with Gasteiger partial charge in [0.1, 0.15) is 5.56 Å². The Bertz CT molecular complexity index is 539. The molecule has 21 heavy (non-hydrogen) atoms. The number of esters is 1. The van der Waals surface area contributed by atoms with Crippen LogP contribution in [0.25, 0.3) is 0 Å². The molecule has 7 heteroatoms. The maximum atomic E-state index is 11.8. The molecular formula is C14H19NO6. The lowest BCUT2D eigenvalue weighted by atomic mass is 10.1. The molecule has 0 aliphatic rings. The lowest BCUT2D eigenvalue weighted by Crippen LogP contribution is -2.15. The highest BCUT2D eigenvalue weighted by molar-refractivity contribution is 5.94. The van der Waals surface area contributed by atoms with Crippen LogP contribution in [0.5, 0.6) is 11.5 Å². The predicted molar refractivity (Wildman–Crippen MR) is 76.0 cm³/mol. The lowest BCUT2D eigenvalue weighted by Gasteiger charge is -2.19. The number of nitro benzene ring substituents is 1. The van der Waals surface area contributed by atoms with Crippen molar-refractivity contribution in [3.8, 4) is 11.5 Å². The summed E-state index contributed by atoms with van der Waals surface area (Å²) in [5, 5.41) is 11.1. The lowest BCUT2D eigenvalue weighted by molar-refractivity contribution is -0.386. The highest BCUT2D eigenvalue weighted by atomic mass is 16.6. The van der Waals surface area contributed by atoms with Crippen LogP contribution in [0.15, 0.2) is 12.1 Å². The van der Waals surface area contributed by atoms with Gasteiger partial charge in [-0.3, -0.25) is 10.1 Å². The first-order valence-corrected chi connectivity index (χ1v) is 6.50. The van der Waals surface area contributed by atoms with E-state index < -0.39 is 10.9 Å². The minimum absolute atomic E-state index is 0.0275. The van der Waals surface area contributed by atoms with E-state index >= 15 is 0 Å². The fraction of sp³-hybridized carbons (Fsp3) is 0.500. The van der Waals surface area contributed by atoms with Gasteiger partial charge in [0.05, 0.1) is 24.2 Å². The van der Waals surface area contributed by atoms with E-state index in [0.29, 0.717) is 0 Å². The molecule has 1 aromatic rings. The number of hydrogen-bond acceptors (Lipinski definition) is 6. The van der Waals surface area contributed by atoms with Crippen molar-refractivity contribution in [2.75, 3.05) is 7.11 Å². The van der Waals surface area contributed by atoms with Gasteiger partial charge in [-0.25, -0.2) is 4.79 Å². The fourth-order valence-corrected chi connectivity index (χ4v) is 1.67. The Morgan fingerprint density at radius 2 is 1.62 bits per heavy atom. The van der Waals surface area contributed by atoms with Crippen LogP contribution in [-0.2, 0) is 4.74 Å². The summed E-state index contributed by atoms with van der Waals surface area (Å²) in [6.45, 7) is 6.96. The fourth-order valence-electron chi connectivity index (χ4n) is 1.67. The van der Waals surface area contributed by atoms with Gasteiger partial charge in [-0.1, -0.05) is 0 Å². The number of methoxy groups -OCH3 is 1. The van der Waals surface area contributed by atoms with E-state index in [1.807, 2.05) is 0 Å². The van der Waals surface area contributed by atoms with E-state index in [4.69, 9.17) is 9.47 Å². The molecule has 0 N–H and O–H groups in total. The smallest absolute Gasteiger partial charge is 0.341 e. The van der Waals surface area contributed by atoms with Crippen molar-refractivity contribution >= 4 is 11.7 Å². The molecule has 0 aliphatic heterocycles. The summed E-state index contributed by atoms with van der Waals surface area (Å²) in [6, 6.07) is 2.51. The second-order valence-corrected chi connectivity index (χ2v) is 4.87. The standard InChI is InChI=1S/C14H19NO6/c1-8(2)20-12-10(14(16)19-5)6-7-11(15(17)18)13(12)21-9(3)4/h6-9H,1-5H3. The van der Waals surface area contributed by atoms with Gasteiger partial charge < -0.3 is 14.2 Å². The molecule has 0 aromatic heterocycles. The molecule has 0 aliphatic carbocycles. The van der Waals surface area contributed by atoms with Crippen LogP contribution in [-0.4, -0.2) is 30.2 Å². The molecule has 0 atom stereocenters. The van der Waals surface area contributed by atoms with Crippen molar-refractivity contribution < 1.29 is 23.9 Å². The molecule has 0 fully saturated rings. The van der Waals surface area contributed by atoms with Gasteiger partial charge in [-0.05, 0) is 33.8 Å². The van der Waals surface area contributed by atoms with Crippen LogP contribution in [0, 0.1) is 10.1 Å². The van der Waals surface area contributed by atoms with E-state index in [1.54, 1.807) is 27.7 Å². The van der Waals surface area contributed by atoms with Gasteiger partial charge in [0.2, 0.25) is 5.75 Å². The first kappa shape index (κ1) is 16.7. The summed E-state index contributed by atoms with van der Waals surface area (Å²) in [5.74, 6) is -0.680. The molecule has 0 bridgehead atoms. The summed E-state index contributed by atoms with van der Waals surface area (Å²) in [5.41, 5.74) is -0.167. The number of rotatable bonds is 6. The molecule has 0 saturated heterocycles. The molecule has 1 aromatic carbocycles. The number of nitrogens with zero attached hydrogens (tertiary/aromatic N) is 1. The van der Waals surface area contributed by atoms with E-state index in [0.717, 1.165) is 0 Å². The van der Waals surface area contributed by atoms with E-state index in [-0.39, 0.29) is 35.0 Å². The number of benzene rings is 1. The van der Waals surface area contributed by atoms with Gasteiger partial charge >= 0.3 is 11.7 Å². The van der Waals surface area contributed by atoms with E-state index in [9.17, 15) is 14.9 Å². The quantitative estimate of drug-likeness (QED) is 0.455. The highest BCUT2D eigenvalue weighted by Gasteiger charge is 2.28. The summed E-state index contributed by atoms with van der Waals surface area (Å²) >= 11 is 0. The zero-order valence-electron chi connectivity index (χ0n) is 12.7. The number of carbonyl (C=O) groups is 1. The molecule has 7 nitrogen and oxygen atoms in total. The minimum Gasteiger partial charge on any atom is -0.486 e. The third-order valence-corrected chi connectivity index (χ3v) is 2.40. The first-order valence-electron chi connectivity index (χ1n) is 6.50. The second-order valence-electron chi connectivity index (χ2n) is 4.87. The minimum atomic E-state index is -0.644. The predicted octanol–water partition coefficient (Wildman–Crippen LogP) is 2.96. The van der Waals surface area contributed by atoms with Gasteiger partial charge in [-0.15, -0.1) is 0 Å². The number of ether oxygens (including phenoxy) is 3. The molecular weight excluding hydrogens is 278 g/mol. The Labute approximate surface area is 123 Å². The van der Waals surface area contributed by atoms with Crippen LogP contribution in [0.4, 0.5) is 5.69 Å².